The third kappa shape index (κ3) is 5.93. The topological polar surface area (TPSA) is 102 Å². The van der Waals surface area contributed by atoms with Gasteiger partial charge in [-0.25, -0.2) is 13.1 Å². The van der Waals surface area contributed by atoms with Gasteiger partial charge in [0.05, 0.1) is 24.2 Å². The first-order chi connectivity index (χ1) is 13.8. The van der Waals surface area contributed by atoms with E-state index in [0.29, 0.717) is 36.8 Å². The van der Waals surface area contributed by atoms with Crippen LogP contribution in [0.1, 0.15) is 30.1 Å². The van der Waals surface area contributed by atoms with E-state index in [2.05, 4.69) is 4.72 Å². The van der Waals surface area contributed by atoms with Crippen LogP contribution in [0.2, 0.25) is 5.02 Å². The number of sulfonamides is 1. The molecule has 1 aliphatic heterocycles. The molecule has 0 saturated carbocycles. The number of carbonyl (C=O) groups is 1. The molecule has 2 N–H and O–H groups in total. The van der Waals surface area contributed by atoms with Crippen molar-refractivity contribution in [1.29, 1.82) is 0 Å². The van der Waals surface area contributed by atoms with E-state index in [1.54, 1.807) is 6.07 Å². The first kappa shape index (κ1) is 21.6. The Balaban J connectivity index is 1.63. The third-order valence-electron chi connectivity index (χ3n) is 4.54. The van der Waals surface area contributed by atoms with Gasteiger partial charge in [-0.05, 0) is 60.4 Å². The van der Waals surface area contributed by atoms with Crippen molar-refractivity contribution in [3.8, 4) is 5.75 Å². The summed E-state index contributed by atoms with van der Waals surface area (Å²) in [7, 11) is -3.67. The SMILES string of the molecule is O=C(O)CCCOc1ccc2c(c1)CCOC2CNS(=O)(=O)c1ccc(Cl)cc1. The van der Waals surface area contributed by atoms with Crippen molar-refractivity contribution in [2.75, 3.05) is 19.8 Å². The van der Waals surface area contributed by atoms with Gasteiger partial charge in [-0.1, -0.05) is 17.7 Å². The number of rotatable bonds is 9. The summed E-state index contributed by atoms with van der Waals surface area (Å²) in [4.78, 5) is 10.7. The van der Waals surface area contributed by atoms with Gasteiger partial charge in [0.2, 0.25) is 10.0 Å². The summed E-state index contributed by atoms with van der Waals surface area (Å²) in [6.07, 6.45) is 0.795. The van der Waals surface area contributed by atoms with Crippen LogP contribution in [-0.2, 0) is 26.0 Å². The molecule has 0 saturated heterocycles. The van der Waals surface area contributed by atoms with Gasteiger partial charge < -0.3 is 14.6 Å². The van der Waals surface area contributed by atoms with E-state index >= 15 is 0 Å². The number of benzene rings is 2. The maximum atomic E-state index is 12.5. The Labute approximate surface area is 174 Å². The standard InChI is InChI=1S/C20H22ClNO6S/c21-15-3-6-17(7-4-15)29(25,26)22-13-19-18-8-5-16(12-14(18)9-11-28-19)27-10-1-2-20(23)24/h3-8,12,19,22H,1-2,9-11,13H2,(H,23,24). The van der Waals surface area contributed by atoms with Gasteiger partial charge in [0.25, 0.3) is 0 Å². The minimum Gasteiger partial charge on any atom is -0.494 e. The lowest BCUT2D eigenvalue weighted by Gasteiger charge is -2.26. The largest absolute Gasteiger partial charge is 0.494 e. The Kier molecular flexibility index (Phi) is 7.13. The summed E-state index contributed by atoms with van der Waals surface area (Å²) in [5.41, 5.74) is 1.94. The summed E-state index contributed by atoms with van der Waals surface area (Å²) >= 11 is 5.81. The van der Waals surface area contributed by atoms with Crippen LogP contribution in [0, 0.1) is 0 Å². The Hall–Kier alpha value is -2.13. The van der Waals surface area contributed by atoms with Gasteiger partial charge >= 0.3 is 5.97 Å². The fourth-order valence-corrected chi connectivity index (χ4v) is 4.23. The van der Waals surface area contributed by atoms with Gasteiger partial charge in [0.1, 0.15) is 5.75 Å². The van der Waals surface area contributed by atoms with Gasteiger partial charge in [0.15, 0.2) is 0 Å². The fraction of sp³-hybridized carbons (Fsp3) is 0.350. The lowest BCUT2D eigenvalue weighted by atomic mass is 9.97. The monoisotopic (exact) mass is 439 g/mol. The predicted molar refractivity (Wildman–Crippen MR) is 108 cm³/mol. The molecule has 7 nitrogen and oxygen atoms in total. The summed E-state index contributed by atoms with van der Waals surface area (Å²) in [6, 6.07) is 11.5. The summed E-state index contributed by atoms with van der Waals surface area (Å²) in [5, 5.41) is 9.13. The molecule has 156 valence electrons. The molecule has 2 aromatic carbocycles. The van der Waals surface area contributed by atoms with Crippen molar-refractivity contribution in [1.82, 2.24) is 4.72 Å². The normalized spacial score (nSPS) is 16.2. The van der Waals surface area contributed by atoms with E-state index in [1.807, 2.05) is 12.1 Å². The number of hydrogen-bond donors (Lipinski definition) is 2. The highest BCUT2D eigenvalue weighted by atomic mass is 35.5. The van der Waals surface area contributed by atoms with Crippen molar-refractivity contribution in [2.24, 2.45) is 0 Å². The molecule has 1 unspecified atom stereocenters. The highest BCUT2D eigenvalue weighted by Crippen LogP contribution is 2.30. The van der Waals surface area contributed by atoms with Gasteiger partial charge in [-0.15, -0.1) is 0 Å². The maximum absolute atomic E-state index is 12.5. The Morgan fingerprint density at radius 3 is 2.72 bits per heavy atom. The van der Waals surface area contributed by atoms with Crippen molar-refractivity contribution in [3.63, 3.8) is 0 Å². The maximum Gasteiger partial charge on any atom is 0.303 e. The number of fused-ring (bicyclic) bond motifs is 1. The van der Waals surface area contributed by atoms with Crippen LogP contribution in [0.4, 0.5) is 0 Å². The van der Waals surface area contributed by atoms with Crippen LogP contribution in [0.3, 0.4) is 0 Å². The van der Waals surface area contributed by atoms with E-state index in [0.717, 1.165) is 11.1 Å². The lowest BCUT2D eigenvalue weighted by molar-refractivity contribution is -0.137. The molecule has 0 fully saturated rings. The van der Waals surface area contributed by atoms with Crippen LogP contribution in [-0.4, -0.2) is 39.3 Å². The number of nitrogens with one attached hydrogen (secondary N) is 1. The minimum atomic E-state index is -3.67. The Bertz CT molecular complexity index is 961. The molecule has 0 aromatic heterocycles. The second-order valence-corrected chi connectivity index (χ2v) is 8.83. The summed E-state index contributed by atoms with van der Waals surface area (Å²) in [5.74, 6) is -0.184. The van der Waals surface area contributed by atoms with E-state index in [-0.39, 0.29) is 17.9 Å². The van der Waals surface area contributed by atoms with Crippen LogP contribution in [0.25, 0.3) is 0 Å². The number of hydrogen-bond acceptors (Lipinski definition) is 5. The second kappa shape index (κ2) is 9.58. The molecule has 0 bridgehead atoms. The first-order valence-corrected chi connectivity index (χ1v) is 11.1. The molecule has 1 atom stereocenters. The third-order valence-corrected chi connectivity index (χ3v) is 6.23. The first-order valence-electron chi connectivity index (χ1n) is 9.19. The number of carboxylic acids is 1. The molecule has 2 aromatic rings. The molecule has 0 amide bonds. The number of aliphatic carboxylic acids is 1. The molecule has 9 heteroatoms. The van der Waals surface area contributed by atoms with Crippen LogP contribution >= 0.6 is 11.6 Å². The van der Waals surface area contributed by atoms with Gasteiger partial charge in [-0.2, -0.15) is 0 Å². The fourth-order valence-electron chi connectivity index (χ4n) is 3.07. The minimum absolute atomic E-state index is 0.0641. The average Bonchev–Trinajstić information content (AvgIpc) is 2.69. The average molecular weight is 440 g/mol. The molecule has 1 aliphatic rings. The molecule has 29 heavy (non-hydrogen) atoms. The van der Waals surface area contributed by atoms with Gasteiger partial charge in [-0.3, -0.25) is 4.79 Å². The van der Waals surface area contributed by atoms with Gasteiger partial charge in [0, 0.05) is 18.0 Å². The number of ether oxygens (including phenoxy) is 2. The Morgan fingerprint density at radius 1 is 1.24 bits per heavy atom. The highest BCUT2D eigenvalue weighted by Gasteiger charge is 2.24. The number of carboxylic acid groups (broad SMARTS) is 1. The van der Waals surface area contributed by atoms with E-state index in [1.165, 1.54) is 24.3 Å². The smallest absolute Gasteiger partial charge is 0.303 e. The molecule has 1 heterocycles. The quantitative estimate of drug-likeness (QED) is 0.582. The molecule has 0 aliphatic carbocycles. The van der Waals surface area contributed by atoms with Crippen molar-refractivity contribution >= 4 is 27.6 Å². The molecular formula is C20H22ClNO6S. The van der Waals surface area contributed by atoms with Crippen molar-refractivity contribution < 1.29 is 27.8 Å². The molecular weight excluding hydrogens is 418 g/mol. The summed E-state index contributed by atoms with van der Waals surface area (Å²) in [6.45, 7) is 0.908. The second-order valence-electron chi connectivity index (χ2n) is 6.62. The van der Waals surface area contributed by atoms with Crippen molar-refractivity contribution in [2.45, 2.75) is 30.3 Å². The number of halogens is 1. The van der Waals surface area contributed by atoms with Crippen LogP contribution < -0.4 is 9.46 Å². The summed E-state index contributed by atoms with van der Waals surface area (Å²) < 4.78 is 38.9. The van der Waals surface area contributed by atoms with Crippen molar-refractivity contribution in [3.05, 3.63) is 58.6 Å². The zero-order chi connectivity index (χ0) is 20.9. The van der Waals surface area contributed by atoms with E-state index in [4.69, 9.17) is 26.2 Å². The zero-order valence-electron chi connectivity index (χ0n) is 15.6. The lowest BCUT2D eigenvalue weighted by Crippen LogP contribution is -2.32. The van der Waals surface area contributed by atoms with Crippen LogP contribution in [0.5, 0.6) is 5.75 Å². The predicted octanol–water partition coefficient (Wildman–Crippen LogP) is 3.18. The van der Waals surface area contributed by atoms with Crippen LogP contribution in [0.15, 0.2) is 47.4 Å². The molecule has 0 radical (unpaired) electrons. The zero-order valence-corrected chi connectivity index (χ0v) is 17.2. The highest BCUT2D eigenvalue weighted by molar-refractivity contribution is 7.89. The molecule has 3 rings (SSSR count). The van der Waals surface area contributed by atoms with E-state index in [9.17, 15) is 13.2 Å². The van der Waals surface area contributed by atoms with E-state index < -0.39 is 22.1 Å². The Morgan fingerprint density at radius 2 is 2.00 bits per heavy atom. The molecule has 0 spiro atoms.